The van der Waals surface area contributed by atoms with Gasteiger partial charge in [-0.1, -0.05) is 54.4 Å². The van der Waals surface area contributed by atoms with Gasteiger partial charge in [-0.15, -0.1) is 0 Å². The average Bonchev–Trinajstić information content (AvgIpc) is 2.57. The molecule has 0 aromatic heterocycles. The lowest BCUT2D eigenvalue weighted by Crippen LogP contribution is -2.33. The van der Waals surface area contributed by atoms with Gasteiger partial charge in [0.15, 0.2) is 0 Å². The van der Waals surface area contributed by atoms with E-state index in [1.54, 1.807) is 25.1 Å². The molecular formula is C20H22ClNO3. The molecule has 0 aliphatic rings. The standard InChI is InChI=1S/C20H22ClNO3/c1-12-7-9-15(10-8-12)11-16(20(24)25)13(2)19(23)22-18-6-4-5-17(21)14(18)3/h4-10,13,16H,11H2,1-3H3,(H,22,23)(H,24,25)/t13-,16-/m0/s1. The predicted octanol–water partition coefficient (Wildman–Crippen LogP) is 4.47. The Morgan fingerprint density at radius 2 is 1.76 bits per heavy atom. The first kappa shape index (κ1) is 19.0. The molecule has 0 bridgehead atoms. The number of anilines is 1. The number of halogens is 1. The van der Waals surface area contributed by atoms with Gasteiger partial charge in [0.2, 0.25) is 5.91 Å². The van der Waals surface area contributed by atoms with Gasteiger partial charge in [-0.05, 0) is 43.5 Å². The quantitative estimate of drug-likeness (QED) is 0.799. The van der Waals surface area contributed by atoms with Crippen molar-refractivity contribution >= 4 is 29.2 Å². The maximum absolute atomic E-state index is 12.5. The molecule has 2 aromatic carbocycles. The summed E-state index contributed by atoms with van der Waals surface area (Å²) in [4.78, 5) is 24.2. The van der Waals surface area contributed by atoms with Crippen molar-refractivity contribution in [1.82, 2.24) is 0 Å². The number of hydrogen-bond donors (Lipinski definition) is 2. The lowest BCUT2D eigenvalue weighted by Gasteiger charge is -2.20. The molecule has 2 rings (SSSR count). The number of hydrogen-bond acceptors (Lipinski definition) is 2. The Bertz CT molecular complexity index is 771. The van der Waals surface area contributed by atoms with E-state index in [4.69, 9.17) is 11.6 Å². The summed E-state index contributed by atoms with van der Waals surface area (Å²) in [5.74, 6) is -2.80. The SMILES string of the molecule is Cc1ccc(C[C@H](C(=O)O)[C@H](C)C(=O)Nc2cccc(Cl)c2C)cc1. The maximum Gasteiger partial charge on any atom is 0.307 e. The first-order valence-corrected chi connectivity index (χ1v) is 8.51. The van der Waals surface area contributed by atoms with Crippen LogP contribution in [-0.2, 0) is 16.0 Å². The zero-order valence-corrected chi connectivity index (χ0v) is 15.3. The van der Waals surface area contributed by atoms with Crippen molar-refractivity contribution in [2.24, 2.45) is 11.8 Å². The Balaban J connectivity index is 2.14. The highest BCUT2D eigenvalue weighted by Crippen LogP contribution is 2.25. The minimum atomic E-state index is -0.981. The number of carboxylic acids is 1. The van der Waals surface area contributed by atoms with Crippen LogP contribution in [0.2, 0.25) is 5.02 Å². The van der Waals surface area contributed by atoms with Crippen LogP contribution in [-0.4, -0.2) is 17.0 Å². The molecule has 0 radical (unpaired) electrons. The largest absolute Gasteiger partial charge is 0.481 e. The monoisotopic (exact) mass is 359 g/mol. The predicted molar refractivity (Wildman–Crippen MR) is 100.0 cm³/mol. The molecule has 2 atom stereocenters. The molecule has 0 aliphatic heterocycles. The van der Waals surface area contributed by atoms with Crippen molar-refractivity contribution in [1.29, 1.82) is 0 Å². The van der Waals surface area contributed by atoms with Crippen LogP contribution in [0.4, 0.5) is 5.69 Å². The van der Waals surface area contributed by atoms with E-state index in [9.17, 15) is 14.7 Å². The third kappa shape index (κ3) is 4.83. The van der Waals surface area contributed by atoms with Gasteiger partial charge in [-0.2, -0.15) is 0 Å². The summed E-state index contributed by atoms with van der Waals surface area (Å²) in [5, 5.41) is 12.9. The number of aryl methyl sites for hydroxylation is 1. The minimum absolute atomic E-state index is 0.304. The van der Waals surface area contributed by atoms with E-state index in [-0.39, 0.29) is 5.91 Å². The van der Waals surface area contributed by atoms with Gasteiger partial charge in [0.1, 0.15) is 0 Å². The summed E-state index contributed by atoms with van der Waals surface area (Å²) < 4.78 is 0. The molecule has 0 unspecified atom stereocenters. The van der Waals surface area contributed by atoms with Crippen LogP contribution in [0.3, 0.4) is 0 Å². The van der Waals surface area contributed by atoms with Crippen LogP contribution in [0.15, 0.2) is 42.5 Å². The molecule has 0 saturated carbocycles. The Morgan fingerprint density at radius 1 is 1.12 bits per heavy atom. The molecule has 0 spiro atoms. The fourth-order valence-electron chi connectivity index (χ4n) is 2.63. The van der Waals surface area contributed by atoms with Crippen LogP contribution >= 0.6 is 11.6 Å². The number of carbonyl (C=O) groups is 2. The molecule has 5 heteroatoms. The molecule has 25 heavy (non-hydrogen) atoms. The Morgan fingerprint density at radius 3 is 2.36 bits per heavy atom. The van der Waals surface area contributed by atoms with Gasteiger partial charge in [0, 0.05) is 16.6 Å². The Labute approximate surface area is 152 Å². The highest BCUT2D eigenvalue weighted by atomic mass is 35.5. The average molecular weight is 360 g/mol. The van der Waals surface area contributed by atoms with Crippen LogP contribution in [0.5, 0.6) is 0 Å². The number of carboxylic acid groups (broad SMARTS) is 1. The first-order chi connectivity index (χ1) is 11.8. The number of amides is 1. The third-order valence-corrected chi connectivity index (χ3v) is 4.85. The number of nitrogens with one attached hydrogen (secondary N) is 1. The second-order valence-electron chi connectivity index (χ2n) is 6.32. The van der Waals surface area contributed by atoms with E-state index in [1.807, 2.05) is 38.1 Å². The lowest BCUT2D eigenvalue weighted by molar-refractivity contribution is -0.145. The third-order valence-electron chi connectivity index (χ3n) is 4.44. The number of benzene rings is 2. The summed E-state index contributed by atoms with van der Waals surface area (Å²) in [7, 11) is 0. The molecule has 0 heterocycles. The zero-order valence-electron chi connectivity index (χ0n) is 14.5. The summed E-state index contributed by atoms with van der Waals surface area (Å²) in [6, 6.07) is 12.9. The lowest BCUT2D eigenvalue weighted by atomic mass is 9.87. The molecule has 132 valence electrons. The molecule has 0 saturated heterocycles. The van der Waals surface area contributed by atoms with Crippen molar-refractivity contribution in [2.45, 2.75) is 27.2 Å². The fourth-order valence-corrected chi connectivity index (χ4v) is 2.80. The van der Waals surface area contributed by atoms with Gasteiger partial charge in [0.05, 0.1) is 5.92 Å². The van der Waals surface area contributed by atoms with Crippen LogP contribution in [0.1, 0.15) is 23.6 Å². The molecule has 4 nitrogen and oxygen atoms in total. The van der Waals surface area contributed by atoms with Crippen LogP contribution < -0.4 is 5.32 Å². The van der Waals surface area contributed by atoms with Crippen molar-refractivity contribution in [3.8, 4) is 0 Å². The van der Waals surface area contributed by atoms with Crippen molar-refractivity contribution in [2.75, 3.05) is 5.32 Å². The Kier molecular flexibility index (Phi) is 6.21. The van der Waals surface area contributed by atoms with Crippen molar-refractivity contribution in [3.63, 3.8) is 0 Å². The smallest absolute Gasteiger partial charge is 0.307 e. The van der Waals surface area contributed by atoms with Gasteiger partial charge < -0.3 is 10.4 Å². The molecule has 0 fully saturated rings. The molecular weight excluding hydrogens is 338 g/mol. The van der Waals surface area contributed by atoms with E-state index in [0.29, 0.717) is 17.1 Å². The van der Waals surface area contributed by atoms with Gasteiger partial charge in [0.25, 0.3) is 0 Å². The summed E-state index contributed by atoms with van der Waals surface area (Å²) in [6.07, 6.45) is 0.304. The number of carbonyl (C=O) groups excluding carboxylic acids is 1. The van der Waals surface area contributed by atoms with Gasteiger partial charge in [-0.25, -0.2) is 0 Å². The molecule has 2 N–H and O–H groups in total. The number of aliphatic carboxylic acids is 1. The number of rotatable bonds is 6. The van der Waals surface area contributed by atoms with E-state index in [0.717, 1.165) is 16.7 Å². The van der Waals surface area contributed by atoms with Gasteiger partial charge in [-0.3, -0.25) is 9.59 Å². The summed E-state index contributed by atoms with van der Waals surface area (Å²) >= 11 is 6.06. The normalized spacial score (nSPS) is 13.1. The second kappa shape index (κ2) is 8.17. The molecule has 2 aromatic rings. The van der Waals surface area contributed by atoms with E-state index in [2.05, 4.69) is 5.32 Å². The summed E-state index contributed by atoms with van der Waals surface area (Å²) in [6.45, 7) is 5.42. The van der Waals surface area contributed by atoms with Gasteiger partial charge >= 0.3 is 5.97 Å². The highest BCUT2D eigenvalue weighted by molar-refractivity contribution is 6.31. The van der Waals surface area contributed by atoms with Crippen LogP contribution in [0.25, 0.3) is 0 Å². The van der Waals surface area contributed by atoms with E-state index < -0.39 is 17.8 Å². The molecule has 1 amide bonds. The fraction of sp³-hybridized carbons (Fsp3) is 0.300. The first-order valence-electron chi connectivity index (χ1n) is 8.14. The van der Waals surface area contributed by atoms with Crippen LogP contribution in [0, 0.1) is 25.7 Å². The maximum atomic E-state index is 12.5. The minimum Gasteiger partial charge on any atom is -0.481 e. The Hall–Kier alpha value is -2.33. The van der Waals surface area contributed by atoms with Crippen molar-refractivity contribution in [3.05, 3.63) is 64.2 Å². The highest BCUT2D eigenvalue weighted by Gasteiger charge is 2.30. The summed E-state index contributed by atoms with van der Waals surface area (Å²) in [5.41, 5.74) is 3.37. The van der Waals surface area contributed by atoms with Crippen molar-refractivity contribution < 1.29 is 14.7 Å². The van der Waals surface area contributed by atoms with E-state index >= 15 is 0 Å². The zero-order chi connectivity index (χ0) is 18.6. The second-order valence-corrected chi connectivity index (χ2v) is 6.73. The topological polar surface area (TPSA) is 66.4 Å². The van der Waals surface area contributed by atoms with E-state index in [1.165, 1.54) is 0 Å². The molecule has 0 aliphatic carbocycles.